The molecule has 0 saturated heterocycles. The second-order valence-electron chi connectivity index (χ2n) is 4.36. The van der Waals surface area contributed by atoms with Gasteiger partial charge in [-0.1, -0.05) is 0 Å². The minimum atomic E-state index is -0.265. The van der Waals surface area contributed by atoms with Gasteiger partial charge in [-0.2, -0.15) is 5.26 Å². The smallest absolute Gasteiger partial charge is 0.267 e. The summed E-state index contributed by atoms with van der Waals surface area (Å²) in [6.45, 7) is 0. The van der Waals surface area contributed by atoms with E-state index in [4.69, 9.17) is 11.0 Å². The molecule has 3 rings (SSSR count). The van der Waals surface area contributed by atoms with E-state index in [9.17, 15) is 4.79 Å². The van der Waals surface area contributed by atoms with Gasteiger partial charge >= 0.3 is 0 Å². The molecule has 0 spiro atoms. The summed E-state index contributed by atoms with van der Waals surface area (Å²) in [5.74, 6) is -0.265. The topological polar surface area (TPSA) is 91.8 Å². The van der Waals surface area contributed by atoms with Gasteiger partial charge in [0.15, 0.2) is 0 Å². The van der Waals surface area contributed by atoms with E-state index in [-0.39, 0.29) is 5.91 Å². The molecule has 6 heteroatoms. The summed E-state index contributed by atoms with van der Waals surface area (Å²) < 4.78 is 0.875. The predicted molar refractivity (Wildman–Crippen MR) is 83.1 cm³/mol. The van der Waals surface area contributed by atoms with E-state index >= 15 is 0 Å². The van der Waals surface area contributed by atoms with E-state index in [1.54, 1.807) is 42.7 Å². The van der Waals surface area contributed by atoms with Crippen LogP contribution >= 0.6 is 11.3 Å². The fourth-order valence-electron chi connectivity index (χ4n) is 1.96. The molecule has 5 nitrogen and oxygen atoms in total. The quantitative estimate of drug-likeness (QED) is 0.760. The number of hydrogen-bond donors (Lipinski definition) is 2. The Balaban J connectivity index is 1.90. The van der Waals surface area contributed by atoms with Gasteiger partial charge in [0, 0.05) is 23.5 Å². The second kappa shape index (κ2) is 5.23. The Morgan fingerprint density at radius 1 is 1.29 bits per heavy atom. The Bertz CT molecular complexity index is 862. The number of pyridine rings is 1. The Kier molecular flexibility index (Phi) is 3.26. The molecule has 0 bridgehead atoms. The van der Waals surface area contributed by atoms with Gasteiger partial charge < -0.3 is 11.1 Å². The molecule has 0 aliphatic carbocycles. The molecule has 21 heavy (non-hydrogen) atoms. The van der Waals surface area contributed by atoms with Gasteiger partial charge in [-0.3, -0.25) is 9.78 Å². The first-order chi connectivity index (χ1) is 10.2. The van der Waals surface area contributed by atoms with Gasteiger partial charge in [-0.25, -0.2) is 0 Å². The average molecular weight is 294 g/mol. The molecule has 2 aromatic heterocycles. The molecule has 0 aliphatic rings. The molecular formula is C15H10N4OS. The third-order valence-corrected chi connectivity index (χ3v) is 4.16. The van der Waals surface area contributed by atoms with Crippen molar-refractivity contribution in [1.29, 1.82) is 5.26 Å². The van der Waals surface area contributed by atoms with Crippen LogP contribution in [0.1, 0.15) is 15.2 Å². The molecule has 0 fully saturated rings. The van der Waals surface area contributed by atoms with Crippen molar-refractivity contribution in [2.45, 2.75) is 0 Å². The molecule has 3 aromatic rings. The van der Waals surface area contributed by atoms with Crippen molar-refractivity contribution in [1.82, 2.24) is 4.98 Å². The number of nitriles is 1. The van der Waals surface area contributed by atoms with Crippen LogP contribution in [-0.2, 0) is 0 Å². The summed E-state index contributed by atoms with van der Waals surface area (Å²) in [5, 5.41) is 12.4. The van der Waals surface area contributed by atoms with Crippen molar-refractivity contribution in [3.8, 4) is 6.07 Å². The van der Waals surface area contributed by atoms with E-state index in [0.717, 1.165) is 10.1 Å². The predicted octanol–water partition coefficient (Wildman–Crippen LogP) is 3.00. The zero-order valence-corrected chi connectivity index (χ0v) is 11.6. The van der Waals surface area contributed by atoms with Gasteiger partial charge in [0.1, 0.15) is 4.88 Å². The molecule has 0 saturated carbocycles. The highest BCUT2D eigenvalue weighted by Crippen LogP contribution is 2.33. The van der Waals surface area contributed by atoms with Crippen molar-refractivity contribution < 1.29 is 4.79 Å². The summed E-state index contributed by atoms with van der Waals surface area (Å²) in [6.07, 6.45) is 3.34. The van der Waals surface area contributed by atoms with E-state index in [2.05, 4.69) is 10.3 Å². The molecule has 0 atom stereocenters. The van der Waals surface area contributed by atoms with Crippen molar-refractivity contribution in [2.24, 2.45) is 0 Å². The lowest BCUT2D eigenvalue weighted by atomic mass is 10.2. The lowest BCUT2D eigenvalue weighted by molar-refractivity contribution is 0.103. The van der Waals surface area contributed by atoms with Gasteiger partial charge in [-0.15, -0.1) is 11.3 Å². The number of rotatable bonds is 2. The largest absolute Gasteiger partial charge is 0.397 e. The lowest BCUT2D eigenvalue weighted by Gasteiger charge is -2.04. The SMILES string of the molecule is N#Cc1ccc(NC(=O)c2sc3cnccc3c2N)cc1. The van der Waals surface area contributed by atoms with Gasteiger partial charge in [0.25, 0.3) is 5.91 Å². The Morgan fingerprint density at radius 3 is 2.71 bits per heavy atom. The molecule has 1 amide bonds. The lowest BCUT2D eigenvalue weighted by Crippen LogP contribution is -2.11. The van der Waals surface area contributed by atoms with Crippen molar-refractivity contribution in [3.05, 3.63) is 53.2 Å². The standard InChI is InChI=1S/C15H10N4OS/c16-7-9-1-3-10(4-2-9)19-15(20)14-13(17)11-5-6-18-8-12(11)21-14/h1-6,8H,17H2,(H,19,20). The number of nitrogens with zero attached hydrogens (tertiary/aromatic N) is 2. The maximum absolute atomic E-state index is 12.3. The fourth-order valence-corrected chi connectivity index (χ4v) is 2.94. The van der Waals surface area contributed by atoms with Crippen molar-refractivity contribution >= 4 is 38.7 Å². The molecule has 0 unspecified atom stereocenters. The number of anilines is 2. The minimum absolute atomic E-state index is 0.265. The normalized spacial score (nSPS) is 10.2. The van der Waals surface area contributed by atoms with E-state index < -0.39 is 0 Å². The Hall–Kier alpha value is -2.91. The molecular weight excluding hydrogens is 284 g/mol. The summed E-state index contributed by atoms with van der Waals surface area (Å²) in [7, 11) is 0. The maximum Gasteiger partial charge on any atom is 0.267 e. The Morgan fingerprint density at radius 2 is 2.05 bits per heavy atom. The van der Waals surface area contributed by atoms with Crippen LogP contribution in [0, 0.1) is 11.3 Å². The number of carbonyl (C=O) groups excluding carboxylic acids is 1. The van der Waals surface area contributed by atoms with Crippen LogP contribution in [0.15, 0.2) is 42.7 Å². The first kappa shape index (κ1) is 13.1. The number of fused-ring (bicyclic) bond motifs is 1. The van der Waals surface area contributed by atoms with Gasteiger partial charge in [-0.05, 0) is 30.3 Å². The van der Waals surface area contributed by atoms with Gasteiger partial charge in [0.05, 0.1) is 22.0 Å². The van der Waals surface area contributed by atoms with Crippen LogP contribution in [0.25, 0.3) is 10.1 Å². The van der Waals surface area contributed by atoms with Crippen LogP contribution in [0.3, 0.4) is 0 Å². The molecule has 2 heterocycles. The maximum atomic E-state index is 12.3. The Labute approximate surface area is 124 Å². The fraction of sp³-hybridized carbons (Fsp3) is 0. The third kappa shape index (κ3) is 2.42. The average Bonchev–Trinajstić information content (AvgIpc) is 2.86. The zero-order valence-electron chi connectivity index (χ0n) is 10.8. The van der Waals surface area contributed by atoms with Crippen LogP contribution in [-0.4, -0.2) is 10.9 Å². The summed E-state index contributed by atoms with van der Waals surface area (Å²) in [6, 6.07) is 10.5. The number of nitrogens with two attached hydrogens (primary N) is 1. The van der Waals surface area contributed by atoms with E-state index in [1.165, 1.54) is 11.3 Å². The number of nitrogen functional groups attached to an aromatic ring is 1. The van der Waals surface area contributed by atoms with Crippen molar-refractivity contribution in [3.63, 3.8) is 0 Å². The highest BCUT2D eigenvalue weighted by molar-refractivity contribution is 7.21. The van der Waals surface area contributed by atoms with Crippen LogP contribution in [0.4, 0.5) is 11.4 Å². The zero-order chi connectivity index (χ0) is 14.8. The highest BCUT2D eigenvalue weighted by atomic mass is 32.1. The molecule has 102 valence electrons. The molecule has 3 N–H and O–H groups in total. The van der Waals surface area contributed by atoms with Crippen LogP contribution in [0.5, 0.6) is 0 Å². The molecule has 1 aromatic carbocycles. The number of thiophene rings is 1. The van der Waals surface area contributed by atoms with Gasteiger partial charge in [0.2, 0.25) is 0 Å². The minimum Gasteiger partial charge on any atom is -0.397 e. The first-order valence-corrected chi connectivity index (χ1v) is 6.94. The van der Waals surface area contributed by atoms with E-state index in [1.807, 2.05) is 6.07 Å². The second-order valence-corrected chi connectivity index (χ2v) is 5.41. The first-order valence-electron chi connectivity index (χ1n) is 6.12. The molecule has 0 radical (unpaired) electrons. The molecule has 0 aliphatic heterocycles. The monoisotopic (exact) mass is 294 g/mol. The third-order valence-electron chi connectivity index (χ3n) is 3.01. The number of carbonyl (C=O) groups is 1. The summed E-state index contributed by atoms with van der Waals surface area (Å²) in [4.78, 5) is 16.8. The summed E-state index contributed by atoms with van der Waals surface area (Å²) in [5.41, 5.74) is 7.64. The van der Waals surface area contributed by atoms with Crippen molar-refractivity contribution in [2.75, 3.05) is 11.1 Å². The number of benzene rings is 1. The number of aromatic nitrogens is 1. The highest BCUT2D eigenvalue weighted by Gasteiger charge is 2.16. The summed E-state index contributed by atoms with van der Waals surface area (Å²) >= 11 is 1.31. The number of amides is 1. The van der Waals surface area contributed by atoms with Crippen LogP contribution in [0.2, 0.25) is 0 Å². The number of hydrogen-bond acceptors (Lipinski definition) is 5. The number of nitrogens with one attached hydrogen (secondary N) is 1. The van der Waals surface area contributed by atoms with E-state index in [0.29, 0.717) is 21.8 Å². The van der Waals surface area contributed by atoms with Crippen LogP contribution < -0.4 is 11.1 Å².